The molecule has 108 valence electrons. The van der Waals surface area contributed by atoms with Crippen molar-refractivity contribution in [1.29, 1.82) is 0 Å². The first-order valence-electron chi connectivity index (χ1n) is 6.43. The van der Waals surface area contributed by atoms with E-state index in [0.717, 1.165) is 25.5 Å². The zero-order valence-corrected chi connectivity index (χ0v) is 12.2. The molecule has 0 saturated heterocycles. The van der Waals surface area contributed by atoms with E-state index in [1.807, 2.05) is 6.07 Å². The standard InChI is InChI=1S/C12H25N7/c1-9(2)8-19(6-5-18(3)4)11-7-10(17-14)15-12(13)16-11/h7,9H,5-6,8,14H2,1-4H3,(H3,13,15,16,17). The first-order chi connectivity index (χ1) is 8.92. The molecule has 19 heavy (non-hydrogen) atoms. The zero-order chi connectivity index (χ0) is 14.4. The Morgan fingerprint density at radius 3 is 2.47 bits per heavy atom. The van der Waals surface area contributed by atoms with Gasteiger partial charge < -0.3 is 21.0 Å². The van der Waals surface area contributed by atoms with Crippen molar-refractivity contribution < 1.29 is 0 Å². The predicted octanol–water partition coefficient (Wildman–Crippen LogP) is 0.368. The second-order valence-electron chi connectivity index (χ2n) is 5.26. The third kappa shape index (κ3) is 5.27. The number of nitrogen functional groups attached to an aromatic ring is 2. The fraction of sp³-hybridized carbons (Fsp3) is 0.667. The van der Waals surface area contributed by atoms with Gasteiger partial charge in [-0.3, -0.25) is 0 Å². The molecule has 0 aliphatic carbocycles. The van der Waals surface area contributed by atoms with Gasteiger partial charge in [-0.1, -0.05) is 13.8 Å². The Morgan fingerprint density at radius 2 is 1.95 bits per heavy atom. The Morgan fingerprint density at radius 1 is 1.26 bits per heavy atom. The number of nitrogens with zero attached hydrogens (tertiary/aromatic N) is 4. The first-order valence-corrected chi connectivity index (χ1v) is 6.43. The molecular formula is C12H25N7. The molecule has 0 bridgehead atoms. The van der Waals surface area contributed by atoms with Crippen LogP contribution >= 0.6 is 0 Å². The van der Waals surface area contributed by atoms with Crippen LogP contribution in [0.5, 0.6) is 0 Å². The summed E-state index contributed by atoms with van der Waals surface area (Å²) in [6, 6.07) is 1.81. The summed E-state index contributed by atoms with van der Waals surface area (Å²) in [4.78, 5) is 12.6. The van der Waals surface area contributed by atoms with Gasteiger partial charge in [-0.2, -0.15) is 9.97 Å². The minimum atomic E-state index is 0.226. The van der Waals surface area contributed by atoms with E-state index < -0.39 is 0 Å². The zero-order valence-electron chi connectivity index (χ0n) is 12.2. The van der Waals surface area contributed by atoms with Crippen molar-refractivity contribution in [3.8, 4) is 0 Å². The van der Waals surface area contributed by atoms with Crippen LogP contribution in [0.25, 0.3) is 0 Å². The smallest absolute Gasteiger partial charge is 0.223 e. The maximum absolute atomic E-state index is 5.70. The summed E-state index contributed by atoms with van der Waals surface area (Å²) in [5.74, 6) is 7.48. The van der Waals surface area contributed by atoms with E-state index in [-0.39, 0.29) is 5.95 Å². The average molecular weight is 267 g/mol. The molecule has 0 saturated carbocycles. The maximum Gasteiger partial charge on any atom is 0.223 e. The third-order valence-electron chi connectivity index (χ3n) is 2.60. The second kappa shape index (κ2) is 7.10. The highest BCUT2D eigenvalue weighted by Gasteiger charge is 2.12. The van der Waals surface area contributed by atoms with Crippen LogP contribution < -0.4 is 21.9 Å². The largest absolute Gasteiger partial charge is 0.368 e. The molecule has 0 spiro atoms. The first kappa shape index (κ1) is 15.5. The van der Waals surface area contributed by atoms with E-state index in [1.165, 1.54) is 0 Å². The highest BCUT2D eigenvalue weighted by Crippen LogP contribution is 2.17. The average Bonchev–Trinajstić information content (AvgIpc) is 2.32. The minimum Gasteiger partial charge on any atom is -0.368 e. The van der Waals surface area contributed by atoms with Gasteiger partial charge in [-0.15, -0.1) is 0 Å². The van der Waals surface area contributed by atoms with Crippen molar-refractivity contribution in [3.05, 3.63) is 6.07 Å². The van der Waals surface area contributed by atoms with Gasteiger partial charge in [0.2, 0.25) is 5.95 Å². The molecule has 5 N–H and O–H groups in total. The number of likely N-dealkylation sites (N-methyl/N-ethyl adjacent to an activating group) is 1. The van der Waals surface area contributed by atoms with Crippen molar-refractivity contribution in [2.24, 2.45) is 11.8 Å². The topological polar surface area (TPSA) is 96.3 Å². The molecule has 1 aromatic rings. The monoisotopic (exact) mass is 267 g/mol. The van der Waals surface area contributed by atoms with E-state index in [4.69, 9.17) is 11.6 Å². The molecule has 0 aliphatic heterocycles. The number of hydrogen-bond acceptors (Lipinski definition) is 7. The lowest BCUT2D eigenvalue weighted by atomic mass is 10.2. The van der Waals surface area contributed by atoms with E-state index in [1.54, 1.807) is 0 Å². The summed E-state index contributed by atoms with van der Waals surface area (Å²) in [5, 5.41) is 0. The van der Waals surface area contributed by atoms with Crippen LogP contribution in [0.3, 0.4) is 0 Å². The summed E-state index contributed by atoms with van der Waals surface area (Å²) < 4.78 is 0. The SMILES string of the molecule is CC(C)CN(CCN(C)C)c1cc(NN)nc(N)n1. The molecule has 0 atom stereocenters. The summed E-state index contributed by atoms with van der Waals surface area (Å²) in [7, 11) is 4.10. The molecule has 0 unspecified atom stereocenters. The Hall–Kier alpha value is -1.60. The summed E-state index contributed by atoms with van der Waals surface area (Å²) in [6.07, 6.45) is 0. The summed E-state index contributed by atoms with van der Waals surface area (Å²) in [5.41, 5.74) is 8.22. The van der Waals surface area contributed by atoms with Gasteiger partial charge in [0.15, 0.2) is 0 Å². The molecule has 0 amide bonds. The van der Waals surface area contributed by atoms with Gasteiger partial charge in [0.05, 0.1) is 0 Å². The van der Waals surface area contributed by atoms with Gasteiger partial charge in [0.25, 0.3) is 0 Å². The molecule has 7 nitrogen and oxygen atoms in total. The van der Waals surface area contributed by atoms with Crippen molar-refractivity contribution in [2.45, 2.75) is 13.8 Å². The van der Waals surface area contributed by atoms with Gasteiger partial charge in [0, 0.05) is 25.7 Å². The molecule has 0 fully saturated rings. The van der Waals surface area contributed by atoms with Crippen LogP contribution in [-0.2, 0) is 0 Å². The maximum atomic E-state index is 5.70. The molecule has 0 aromatic carbocycles. The lowest BCUT2D eigenvalue weighted by Gasteiger charge is -2.27. The fourth-order valence-corrected chi connectivity index (χ4v) is 1.75. The highest BCUT2D eigenvalue weighted by molar-refractivity contribution is 5.52. The van der Waals surface area contributed by atoms with E-state index in [0.29, 0.717) is 11.7 Å². The van der Waals surface area contributed by atoms with Crippen LogP contribution in [0.2, 0.25) is 0 Å². The van der Waals surface area contributed by atoms with Crippen molar-refractivity contribution >= 4 is 17.6 Å². The van der Waals surface area contributed by atoms with E-state index in [2.05, 4.69) is 53.1 Å². The summed E-state index contributed by atoms with van der Waals surface area (Å²) >= 11 is 0. The normalized spacial score (nSPS) is 11.1. The van der Waals surface area contributed by atoms with Gasteiger partial charge in [-0.25, -0.2) is 5.84 Å². The number of nitrogens with two attached hydrogens (primary N) is 2. The lowest BCUT2D eigenvalue weighted by Crippen LogP contribution is -2.35. The molecular weight excluding hydrogens is 242 g/mol. The quantitative estimate of drug-likeness (QED) is 0.485. The molecule has 7 heteroatoms. The van der Waals surface area contributed by atoms with Gasteiger partial charge >= 0.3 is 0 Å². The molecule has 1 aromatic heterocycles. The Balaban J connectivity index is 2.91. The Bertz CT molecular complexity index is 392. The van der Waals surface area contributed by atoms with Crippen molar-refractivity contribution in [2.75, 3.05) is 49.8 Å². The Kier molecular flexibility index (Phi) is 5.78. The van der Waals surface area contributed by atoms with Crippen LogP contribution in [0, 0.1) is 5.92 Å². The van der Waals surface area contributed by atoms with Crippen molar-refractivity contribution in [1.82, 2.24) is 14.9 Å². The highest BCUT2D eigenvalue weighted by atomic mass is 15.3. The van der Waals surface area contributed by atoms with Crippen LogP contribution in [0.4, 0.5) is 17.6 Å². The van der Waals surface area contributed by atoms with Gasteiger partial charge in [-0.05, 0) is 20.0 Å². The number of rotatable bonds is 7. The molecule has 1 rings (SSSR count). The molecule has 0 radical (unpaired) electrons. The van der Waals surface area contributed by atoms with Crippen LogP contribution in [0.15, 0.2) is 6.07 Å². The summed E-state index contributed by atoms with van der Waals surface area (Å²) in [6.45, 7) is 7.09. The van der Waals surface area contributed by atoms with Gasteiger partial charge in [0.1, 0.15) is 11.6 Å². The predicted molar refractivity (Wildman–Crippen MR) is 79.9 cm³/mol. The minimum absolute atomic E-state index is 0.226. The number of nitrogens with one attached hydrogen (secondary N) is 1. The molecule has 0 aliphatic rings. The molecule has 1 heterocycles. The number of aromatic nitrogens is 2. The van der Waals surface area contributed by atoms with Crippen LogP contribution in [-0.4, -0.2) is 48.6 Å². The number of hydrogen-bond donors (Lipinski definition) is 3. The van der Waals surface area contributed by atoms with E-state index in [9.17, 15) is 0 Å². The number of hydrazine groups is 1. The van der Waals surface area contributed by atoms with Crippen molar-refractivity contribution in [3.63, 3.8) is 0 Å². The fourth-order valence-electron chi connectivity index (χ4n) is 1.75. The second-order valence-corrected chi connectivity index (χ2v) is 5.26. The lowest BCUT2D eigenvalue weighted by molar-refractivity contribution is 0.408. The van der Waals surface area contributed by atoms with Crippen LogP contribution in [0.1, 0.15) is 13.8 Å². The third-order valence-corrected chi connectivity index (χ3v) is 2.60. The Labute approximate surface area is 115 Å². The number of anilines is 3. The van der Waals surface area contributed by atoms with E-state index >= 15 is 0 Å².